The molecule has 0 saturated carbocycles. The zero-order chi connectivity index (χ0) is 17.3. The minimum atomic E-state index is 0.561. The number of para-hydroxylation sites is 1. The van der Waals surface area contributed by atoms with Gasteiger partial charge in [-0.05, 0) is 17.7 Å². The third kappa shape index (κ3) is 5.09. The number of fused-ring (bicyclic) bond motifs is 1. The highest BCUT2D eigenvalue weighted by atomic mass is 32.1. The van der Waals surface area contributed by atoms with Crippen molar-refractivity contribution in [1.29, 1.82) is 0 Å². The van der Waals surface area contributed by atoms with Gasteiger partial charge in [-0.1, -0.05) is 53.8 Å². The maximum Gasteiger partial charge on any atom is 0.207 e. The molecule has 0 atom stereocenters. The van der Waals surface area contributed by atoms with E-state index in [4.69, 9.17) is 14.5 Å². The van der Waals surface area contributed by atoms with Crippen molar-refractivity contribution in [3.8, 4) is 0 Å². The largest absolute Gasteiger partial charge is 0.382 e. The molecule has 5 nitrogen and oxygen atoms in total. The Morgan fingerprint density at radius 3 is 2.64 bits per heavy atom. The zero-order valence-electron chi connectivity index (χ0n) is 14.2. The number of thiazole rings is 1. The minimum absolute atomic E-state index is 0.561. The van der Waals surface area contributed by atoms with Gasteiger partial charge in [-0.2, -0.15) is 5.10 Å². The van der Waals surface area contributed by atoms with E-state index in [-0.39, 0.29) is 0 Å². The molecular formula is C19H21N3O2S. The van der Waals surface area contributed by atoms with Crippen LogP contribution in [0.15, 0.2) is 59.7 Å². The van der Waals surface area contributed by atoms with Crippen LogP contribution in [0.4, 0.5) is 5.13 Å². The summed E-state index contributed by atoms with van der Waals surface area (Å²) in [5.74, 6) is 0. The molecular weight excluding hydrogens is 334 g/mol. The summed E-state index contributed by atoms with van der Waals surface area (Å²) in [6, 6.07) is 18.1. The molecule has 0 spiro atoms. The second kappa shape index (κ2) is 9.27. The summed E-state index contributed by atoms with van der Waals surface area (Å²) in [7, 11) is 1.67. The predicted molar refractivity (Wildman–Crippen MR) is 104 cm³/mol. The molecule has 0 amide bonds. The smallest absolute Gasteiger partial charge is 0.207 e. The van der Waals surface area contributed by atoms with Crippen LogP contribution in [-0.2, 0) is 9.47 Å². The van der Waals surface area contributed by atoms with E-state index in [1.165, 1.54) is 0 Å². The Morgan fingerprint density at radius 2 is 1.84 bits per heavy atom. The van der Waals surface area contributed by atoms with Gasteiger partial charge in [0.1, 0.15) is 0 Å². The molecule has 25 heavy (non-hydrogen) atoms. The SMILES string of the molecule is COCCOCCN(/N=C/c1ccccc1)c1nc2ccccc2s1. The van der Waals surface area contributed by atoms with Gasteiger partial charge in [-0.3, -0.25) is 0 Å². The van der Waals surface area contributed by atoms with Crippen molar-refractivity contribution in [3.05, 3.63) is 60.2 Å². The Morgan fingerprint density at radius 1 is 1.04 bits per heavy atom. The molecule has 1 aromatic heterocycles. The standard InChI is InChI=1S/C19H21N3O2S/c1-23-13-14-24-12-11-22(20-15-16-7-3-2-4-8-16)19-21-17-9-5-6-10-18(17)25-19/h2-10,15H,11-14H2,1H3/b20-15+. The molecule has 130 valence electrons. The molecule has 0 bridgehead atoms. The van der Waals surface area contributed by atoms with Crippen LogP contribution >= 0.6 is 11.3 Å². The van der Waals surface area contributed by atoms with E-state index in [0.29, 0.717) is 26.4 Å². The summed E-state index contributed by atoms with van der Waals surface area (Å²) in [6.45, 7) is 2.36. The number of aromatic nitrogens is 1. The number of hydrazone groups is 1. The van der Waals surface area contributed by atoms with Gasteiger partial charge in [0, 0.05) is 7.11 Å². The summed E-state index contributed by atoms with van der Waals surface area (Å²) in [5.41, 5.74) is 2.04. The van der Waals surface area contributed by atoms with E-state index >= 15 is 0 Å². The number of methoxy groups -OCH3 is 1. The van der Waals surface area contributed by atoms with E-state index in [9.17, 15) is 0 Å². The van der Waals surface area contributed by atoms with Crippen molar-refractivity contribution >= 4 is 32.9 Å². The average Bonchev–Trinajstić information content (AvgIpc) is 3.09. The third-order valence-corrected chi connectivity index (χ3v) is 4.58. The van der Waals surface area contributed by atoms with Crippen LogP contribution in [0.1, 0.15) is 5.56 Å². The summed E-state index contributed by atoms with van der Waals surface area (Å²) in [6.07, 6.45) is 1.85. The van der Waals surface area contributed by atoms with Crippen molar-refractivity contribution in [3.63, 3.8) is 0 Å². The highest BCUT2D eigenvalue weighted by Gasteiger charge is 2.11. The Labute approximate surface area is 151 Å². The zero-order valence-corrected chi connectivity index (χ0v) is 15.0. The summed E-state index contributed by atoms with van der Waals surface area (Å²) < 4.78 is 11.7. The number of rotatable bonds is 9. The van der Waals surface area contributed by atoms with Crippen LogP contribution in [0.5, 0.6) is 0 Å². The Balaban J connectivity index is 1.74. The number of benzene rings is 2. The number of hydrogen-bond donors (Lipinski definition) is 0. The lowest BCUT2D eigenvalue weighted by atomic mass is 10.2. The van der Waals surface area contributed by atoms with Crippen molar-refractivity contribution in [2.75, 3.05) is 38.5 Å². The first-order chi connectivity index (χ1) is 12.4. The number of nitrogens with zero attached hydrogens (tertiary/aromatic N) is 3. The quantitative estimate of drug-likeness (QED) is 0.333. The third-order valence-electron chi connectivity index (χ3n) is 3.53. The fraction of sp³-hybridized carbons (Fsp3) is 0.263. The number of ether oxygens (including phenoxy) is 2. The van der Waals surface area contributed by atoms with Gasteiger partial charge in [-0.25, -0.2) is 9.99 Å². The molecule has 0 radical (unpaired) electrons. The predicted octanol–water partition coefficient (Wildman–Crippen LogP) is 3.80. The van der Waals surface area contributed by atoms with Gasteiger partial charge >= 0.3 is 0 Å². The van der Waals surface area contributed by atoms with E-state index in [2.05, 4.69) is 11.2 Å². The lowest BCUT2D eigenvalue weighted by Crippen LogP contribution is -2.22. The molecule has 0 saturated heterocycles. The molecule has 3 aromatic rings. The van der Waals surface area contributed by atoms with E-state index in [0.717, 1.165) is 20.9 Å². The van der Waals surface area contributed by atoms with Crippen molar-refractivity contribution < 1.29 is 9.47 Å². The maximum absolute atomic E-state index is 5.59. The van der Waals surface area contributed by atoms with Crippen LogP contribution in [0, 0.1) is 0 Å². The summed E-state index contributed by atoms with van der Waals surface area (Å²) in [4.78, 5) is 4.69. The second-order valence-corrected chi connectivity index (χ2v) is 6.36. The van der Waals surface area contributed by atoms with Crippen molar-refractivity contribution in [2.45, 2.75) is 0 Å². The normalized spacial score (nSPS) is 11.4. The van der Waals surface area contributed by atoms with Crippen molar-refractivity contribution in [1.82, 2.24) is 4.98 Å². The van der Waals surface area contributed by atoms with Gasteiger partial charge in [0.05, 0.1) is 42.8 Å². The molecule has 0 N–H and O–H groups in total. The maximum atomic E-state index is 5.59. The van der Waals surface area contributed by atoms with Crippen LogP contribution in [0.2, 0.25) is 0 Å². The molecule has 2 aromatic carbocycles. The first-order valence-electron chi connectivity index (χ1n) is 8.15. The summed E-state index contributed by atoms with van der Waals surface area (Å²) in [5, 5.41) is 7.38. The fourth-order valence-electron chi connectivity index (χ4n) is 2.24. The number of hydrogen-bond acceptors (Lipinski definition) is 6. The molecule has 0 unspecified atom stereocenters. The molecule has 6 heteroatoms. The van der Waals surface area contributed by atoms with Crippen LogP contribution in [0.25, 0.3) is 10.2 Å². The van der Waals surface area contributed by atoms with Gasteiger partial charge in [0.2, 0.25) is 5.13 Å². The monoisotopic (exact) mass is 355 g/mol. The van der Waals surface area contributed by atoms with Gasteiger partial charge in [0.15, 0.2) is 0 Å². The van der Waals surface area contributed by atoms with E-state index in [1.54, 1.807) is 18.4 Å². The van der Waals surface area contributed by atoms with E-state index in [1.807, 2.05) is 59.8 Å². The average molecular weight is 355 g/mol. The highest BCUT2D eigenvalue weighted by molar-refractivity contribution is 7.22. The topological polar surface area (TPSA) is 47.0 Å². The summed E-state index contributed by atoms with van der Waals surface area (Å²) >= 11 is 1.63. The molecule has 0 fully saturated rings. The molecule has 0 aliphatic carbocycles. The lowest BCUT2D eigenvalue weighted by molar-refractivity contribution is 0.0741. The highest BCUT2D eigenvalue weighted by Crippen LogP contribution is 2.28. The second-order valence-electron chi connectivity index (χ2n) is 5.35. The molecule has 3 rings (SSSR count). The van der Waals surface area contributed by atoms with Crippen LogP contribution < -0.4 is 5.01 Å². The first kappa shape index (κ1) is 17.5. The first-order valence-corrected chi connectivity index (χ1v) is 8.97. The molecule has 1 heterocycles. The molecule has 0 aliphatic heterocycles. The van der Waals surface area contributed by atoms with Crippen LogP contribution in [0.3, 0.4) is 0 Å². The molecule has 0 aliphatic rings. The Bertz CT molecular complexity index is 772. The fourth-order valence-corrected chi connectivity index (χ4v) is 3.19. The van der Waals surface area contributed by atoms with Gasteiger partial charge in [-0.15, -0.1) is 0 Å². The Kier molecular flexibility index (Phi) is 6.50. The Hall–Kier alpha value is -2.28. The van der Waals surface area contributed by atoms with Crippen LogP contribution in [-0.4, -0.2) is 44.7 Å². The number of anilines is 1. The van der Waals surface area contributed by atoms with Crippen molar-refractivity contribution in [2.24, 2.45) is 5.10 Å². The lowest BCUT2D eigenvalue weighted by Gasteiger charge is -2.15. The van der Waals surface area contributed by atoms with E-state index < -0.39 is 0 Å². The van der Waals surface area contributed by atoms with Gasteiger partial charge in [0.25, 0.3) is 0 Å². The minimum Gasteiger partial charge on any atom is -0.382 e. The van der Waals surface area contributed by atoms with Gasteiger partial charge < -0.3 is 9.47 Å².